The lowest BCUT2D eigenvalue weighted by molar-refractivity contribution is -0.139. The Morgan fingerprint density at radius 1 is 0.660 bits per heavy atom. The van der Waals surface area contributed by atoms with E-state index < -0.39 is 18.2 Å². The molecule has 7 nitrogen and oxygen atoms in total. The van der Waals surface area contributed by atoms with Crippen molar-refractivity contribution in [3.8, 4) is 33.4 Å². The third-order valence-electron chi connectivity index (χ3n) is 10.3. The summed E-state index contributed by atoms with van der Waals surface area (Å²) in [7, 11) is 0. The van der Waals surface area contributed by atoms with Gasteiger partial charge in [0.25, 0.3) is 0 Å². The Hall–Kier alpha value is -3.56. The molecule has 2 heterocycles. The highest BCUT2D eigenvalue weighted by molar-refractivity contribution is 6.39. The molecule has 0 aliphatic carbocycles. The monoisotopic (exact) mass is 714 g/mol. The summed E-state index contributed by atoms with van der Waals surface area (Å²) in [5, 5.41) is 31.0. The van der Waals surface area contributed by atoms with Crippen molar-refractivity contribution in [1.29, 1.82) is 0 Å². The predicted molar refractivity (Wildman–Crippen MR) is 200 cm³/mol. The first-order valence-corrected chi connectivity index (χ1v) is 18.0. The van der Waals surface area contributed by atoms with Crippen LogP contribution in [-0.2, 0) is 35.5 Å². The number of carbonyl (C=O) groups excluding carboxylic acids is 1. The summed E-state index contributed by atoms with van der Waals surface area (Å²) < 4.78 is 0. The van der Waals surface area contributed by atoms with E-state index in [1.54, 1.807) is 0 Å². The molecule has 0 saturated carbocycles. The van der Waals surface area contributed by atoms with Crippen molar-refractivity contribution in [3.63, 3.8) is 0 Å². The topological polar surface area (TPSA) is 101 Å². The first kappa shape index (κ1) is 36.2. The number of aliphatic hydroxyl groups is 2. The van der Waals surface area contributed by atoms with E-state index in [1.165, 1.54) is 29.2 Å². The number of Topliss-reactive ketones (excluding diaryl/α,β-unsaturated/α-hetero) is 1. The van der Waals surface area contributed by atoms with Gasteiger partial charge in [0, 0.05) is 67.9 Å². The average Bonchev–Trinajstić information content (AvgIpc) is 3.06. The number of β-amino-alcohol motifs (C(OH)–C–C–N with tert-alkyl or cyclic N) is 2. The zero-order valence-corrected chi connectivity index (χ0v) is 30.3. The van der Waals surface area contributed by atoms with Gasteiger partial charge >= 0.3 is 5.97 Å². The van der Waals surface area contributed by atoms with Crippen molar-refractivity contribution >= 4 is 35.0 Å². The quantitative estimate of drug-likeness (QED) is 0.148. The Morgan fingerprint density at radius 3 is 1.46 bits per heavy atom. The van der Waals surface area contributed by atoms with Gasteiger partial charge < -0.3 is 15.3 Å². The summed E-state index contributed by atoms with van der Waals surface area (Å²) in [6.45, 7) is 9.46. The summed E-state index contributed by atoms with van der Waals surface area (Å²) in [4.78, 5) is 27.0. The van der Waals surface area contributed by atoms with Crippen molar-refractivity contribution < 1.29 is 24.9 Å². The maximum atomic E-state index is 11.5. The smallest absolute Gasteiger partial charge is 0.306 e. The van der Waals surface area contributed by atoms with Crippen LogP contribution in [0, 0.1) is 13.8 Å². The molecule has 4 aromatic rings. The number of benzene rings is 4. The fourth-order valence-electron chi connectivity index (χ4n) is 7.75. The Bertz CT molecular complexity index is 1800. The number of carbonyl (C=O) groups is 2. The van der Waals surface area contributed by atoms with E-state index in [-0.39, 0.29) is 18.6 Å². The van der Waals surface area contributed by atoms with E-state index in [0.29, 0.717) is 36.2 Å². The molecule has 9 heteroatoms. The number of halogens is 2. The lowest BCUT2D eigenvalue weighted by atomic mass is 9.87. The molecular formula is C41H44Cl2N2O5. The maximum absolute atomic E-state index is 11.5. The highest BCUT2D eigenvalue weighted by Crippen LogP contribution is 2.44. The van der Waals surface area contributed by atoms with Crippen molar-refractivity contribution in [3.05, 3.63) is 104 Å². The van der Waals surface area contributed by atoms with E-state index in [2.05, 4.69) is 47.9 Å². The van der Waals surface area contributed by atoms with Crippen LogP contribution in [-0.4, -0.2) is 75.3 Å². The molecule has 0 radical (unpaired) electrons. The van der Waals surface area contributed by atoms with Gasteiger partial charge in [-0.15, -0.1) is 0 Å². The van der Waals surface area contributed by atoms with Gasteiger partial charge in [0.15, 0.2) is 0 Å². The minimum absolute atomic E-state index is 0.00838. The lowest BCUT2D eigenvalue weighted by Crippen LogP contribution is -2.37. The number of carboxylic acids is 1. The number of nitrogens with zero attached hydrogens (tertiary/aromatic N) is 2. The van der Waals surface area contributed by atoms with Crippen molar-refractivity contribution in [2.24, 2.45) is 0 Å². The summed E-state index contributed by atoms with van der Waals surface area (Å²) in [6.07, 6.45) is 0.0176. The molecule has 0 amide bonds. The van der Waals surface area contributed by atoms with Crippen LogP contribution in [0.2, 0.25) is 10.0 Å². The van der Waals surface area contributed by atoms with Crippen LogP contribution in [0.3, 0.4) is 0 Å². The number of carboxylic acid groups (broad SMARTS) is 1. The Kier molecular flexibility index (Phi) is 11.1. The molecule has 0 saturated heterocycles. The van der Waals surface area contributed by atoms with Gasteiger partial charge in [0.2, 0.25) is 0 Å². The molecule has 3 N–H and O–H groups in total. The molecule has 0 spiro atoms. The molecule has 0 fully saturated rings. The standard InChI is InChI=1S/C41H44Cl2N2O5/c1-24(46)18-29(47)20-44-16-14-27-10-12-31(25(2)37(27)22-44)33-6-4-8-35(40(33)42)36-9-5-7-34(41(36)43)32-13-11-28-15-17-45(23-38(28)26(32)3)21-30(48)19-39(49)50/h4-13,29-30,47-48H,14-23H2,1-3H3,(H,49,50)/t29-,30-/m0/s1. The molecular weight excluding hydrogens is 671 g/mol. The van der Waals surface area contributed by atoms with Crippen LogP contribution in [0.25, 0.3) is 33.4 Å². The summed E-state index contributed by atoms with van der Waals surface area (Å²) in [5.74, 6) is -1.01. The number of rotatable bonds is 11. The number of hydrogen-bond acceptors (Lipinski definition) is 6. The van der Waals surface area contributed by atoms with Gasteiger partial charge in [-0.2, -0.15) is 0 Å². The van der Waals surface area contributed by atoms with Crippen LogP contribution < -0.4 is 0 Å². The lowest BCUT2D eigenvalue weighted by Gasteiger charge is -2.32. The SMILES string of the molecule is CC(=O)C[C@H](O)CN1CCc2ccc(-c3cccc(-c4cccc(-c5ccc6c(c5C)CN(C[C@@H](O)CC(=O)O)CC6)c4Cl)c3Cl)c(C)c2C1. The molecule has 0 bridgehead atoms. The van der Waals surface area contributed by atoms with Gasteiger partial charge in [-0.05, 0) is 78.1 Å². The largest absolute Gasteiger partial charge is 0.481 e. The molecule has 50 heavy (non-hydrogen) atoms. The molecule has 2 aliphatic rings. The van der Waals surface area contributed by atoms with E-state index in [9.17, 15) is 19.8 Å². The fourth-order valence-corrected chi connectivity index (χ4v) is 8.41. The van der Waals surface area contributed by atoms with E-state index in [0.717, 1.165) is 70.4 Å². The van der Waals surface area contributed by atoms with Gasteiger partial charge in [0.05, 0.1) is 28.7 Å². The van der Waals surface area contributed by atoms with Crippen molar-refractivity contribution in [1.82, 2.24) is 9.80 Å². The highest BCUT2D eigenvalue weighted by atomic mass is 35.5. The third-order valence-corrected chi connectivity index (χ3v) is 11.1. The van der Waals surface area contributed by atoms with Crippen LogP contribution in [0.1, 0.15) is 53.1 Å². The maximum Gasteiger partial charge on any atom is 0.306 e. The van der Waals surface area contributed by atoms with E-state index >= 15 is 0 Å². The molecule has 2 atom stereocenters. The van der Waals surface area contributed by atoms with Crippen LogP contribution in [0.5, 0.6) is 0 Å². The minimum atomic E-state index is -1.00. The second kappa shape index (κ2) is 15.4. The third kappa shape index (κ3) is 7.69. The average molecular weight is 716 g/mol. The van der Waals surface area contributed by atoms with E-state index in [4.69, 9.17) is 28.3 Å². The second-order valence-corrected chi connectivity index (χ2v) is 14.6. The number of fused-ring (bicyclic) bond motifs is 2. The number of aliphatic hydroxyl groups excluding tert-OH is 2. The molecule has 4 aromatic carbocycles. The highest BCUT2D eigenvalue weighted by Gasteiger charge is 2.26. The molecule has 262 valence electrons. The van der Waals surface area contributed by atoms with Crippen LogP contribution in [0.15, 0.2) is 60.7 Å². The van der Waals surface area contributed by atoms with Crippen LogP contribution >= 0.6 is 23.2 Å². The van der Waals surface area contributed by atoms with Gasteiger partial charge in [0.1, 0.15) is 5.78 Å². The minimum Gasteiger partial charge on any atom is -0.481 e. The molecule has 0 aromatic heterocycles. The second-order valence-electron chi connectivity index (χ2n) is 13.9. The molecule has 0 unspecified atom stereocenters. The first-order chi connectivity index (χ1) is 23.9. The number of ketones is 1. The van der Waals surface area contributed by atoms with Gasteiger partial charge in [-0.1, -0.05) is 83.9 Å². The zero-order valence-electron chi connectivity index (χ0n) is 28.8. The first-order valence-electron chi connectivity index (χ1n) is 17.2. The molecule has 6 rings (SSSR count). The van der Waals surface area contributed by atoms with Gasteiger partial charge in [-0.3, -0.25) is 19.4 Å². The van der Waals surface area contributed by atoms with Gasteiger partial charge in [-0.25, -0.2) is 0 Å². The van der Waals surface area contributed by atoms with E-state index in [1.807, 2.05) is 36.4 Å². The Morgan fingerprint density at radius 2 is 1.06 bits per heavy atom. The van der Waals surface area contributed by atoms with Crippen molar-refractivity contribution in [2.45, 2.75) is 71.8 Å². The number of hydrogen-bond donors (Lipinski definition) is 3. The van der Waals surface area contributed by atoms with Crippen molar-refractivity contribution in [2.75, 3.05) is 26.2 Å². The van der Waals surface area contributed by atoms with Crippen LogP contribution in [0.4, 0.5) is 0 Å². The Labute approximate surface area is 304 Å². The number of aliphatic carboxylic acids is 1. The summed E-state index contributed by atoms with van der Waals surface area (Å²) in [6, 6.07) is 20.7. The Balaban J connectivity index is 1.30. The summed E-state index contributed by atoms with van der Waals surface area (Å²) >= 11 is 14.5. The normalized spacial score (nSPS) is 16.1. The predicted octanol–water partition coefficient (Wildman–Crippen LogP) is 7.50. The fraction of sp³-hybridized carbons (Fsp3) is 0.366. The zero-order chi connectivity index (χ0) is 35.7. The summed E-state index contributed by atoms with van der Waals surface area (Å²) in [5.41, 5.74) is 12.9. The molecule has 2 aliphatic heterocycles.